The Labute approximate surface area is 216 Å². The number of hydrogen-bond acceptors (Lipinski definition) is 7. The van der Waals surface area contributed by atoms with Crippen molar-refractivity contribution in [2.24, 2.45) is 0 Å². The molecule has 2 aliphatic rings. The van der Waals surface area contributed by atoms with Gasteiger partial charge in [-0.25, -0.2) is 4.68 Å². The lowest BCUT2D eigenvalue weighted by Gasteiger charge is -2.39. The molecule has 0 bridgehead atoms. The van der Waals surface area contributed by atoms with Crippen LogP contribution in [0.15, 0.2) is 53.6 Å². The minimum atomic E-state index is -0.300. The van der Waals surface area contributed by atoms with Gasteiger partial charge in [-0.05, 0) is 65.4 Å². The highest BCUT2D eigenvalue weighted by Gasteiger charge is 2.34. The molecule has 1 atom stereocenters. The van der Waals surface area contributed by atoms with Crippen LogP contribution in [0.1, 0.15) is 66.7 Å². The highest BCUT2D eigenvalue weighted by Crippen LogP contribution is 2.33. The number of benzene rings is 1. The van der Waals surface area contributed by atoms with Crippen molar-refractivity contribution in [3.63, 3.8) is 0 Å². The lowest BCUT2D eigenvalue weighted by molar-refractivity contribution is 0.0982. The average molecular weight is 499 g/mol. The summed E-state index contributed by atoms with van der Waals surface area (Å²) in [7, 11) is 0. The summed E-state index contributed by atoms with van der Waals surface area (Å²) in [6.07, 6.45) is 9.55. The maximum absolute atomic E-state index is 13.5. The number of H-pyrrole nitrogens is 1. The van der Waals surface area contributed by atoms with Gasteiger partial charge in [0.05, 0.1) is 6.04 Å². The van der Waals surface area contributed by atoms with Crippen molar-refractivity contribution in [2.75, 3.05) is 26.2 Å². The molecule has 0 radical (unpaired) electrons. The summed E-state index contributed by atoms with van der Waals surface area (Å²) in [4.78, 5) is 25.7. The number of aromatic nitrogens is 6. The fourth-order valence-corrected chi connectivity index (χ4v) is 5.94. The first-order valence-electron chi connectivity index (χ1n) is 13.4. The van der Waals surface area contributed by atoms with E-state index in [4.69, 9.17) is 0 Å². The zero-order valence-corrected chi connectivity index (χ0v) is 21.4. The van der Waals surface area contributed by atoms with Crippen molar-refractivity contribution in [3.8, 4) is 0 Å². The molecule has 1 saturated heterocycles. The molecule has 4 heterocycles. The van der Waals surface area contributed by atoms with Gasteiger partial charge in [0.15, 0.2) is 5.82 Å². The topological polar surface area (TPSA) is 95.8 Å². The van der Waals surface area contributed by atoms with E-state index in [-0.39, 0.29) is 17.6 Å². The van der Waals surface area contributed by atoms with Crippen molar-refractivity contribution in [1.29, 1.82) is 0 Å². The molecule has 1 aliphatic carbocycles. The average Bonchev–Trinajstić information content (AvgIpc) is 3.41. The third-order valence-corrected chi connectivity index (χ3v) is 7.91. The van der Waals surface area contributed by atoms with Crippen LogP contribution in [0.3, 0.4) is 0 Å². The van der Waals surface area contributed by atoms with Crippen LogP contribution in [-0.2, 0) is 6.54 Å². The number of fused-ring (bicyclic) bond motifs is 1. The Morgan fingerprint density at radius 3 is 2.68 bits per heavy atom. The van der Waals surface area contributed by atoms with Crippen LogP contribution in [0.2, 0.25) is 0 Å². The first-order valence-corrected chi connectivity index (χ1v) is 13.4. The van der Waals surface area contributed by atoms with Gasteiger partial charge in [0.2, 0.25) is 0 Å². The summed E-state index contributed by atoms with van der Waals surface area (Å²) in [5, 5.41) is 14.2. The first kappa shape index (κ1) is 23.9. The predicted octanol–water partition coefficient (Wildman–Crippen LogP) is 3.63. The number of nitrogens with one attached hydrogen (secondary N) is 1. The van der Waals surface area contributed by atoms with E-state index in [0.717, 1.165) is 67.9 Å². The zero-order valence-electron chi connectivity index (χ0n) is 21.4. The summed E-state index contributed by atoms with van der Waals surface area (Å²) >= 11 is 0. The van der Waals surface area contributed by atoms with Crippen LogP contribution >= 0.6 is 0 Å². The summed E-state index contributed by atoms with van der Waals surface area (Å²) < 4.78 is 2.02. The van der Waals surface area contributed by atoms with Crippen LogP contribution in [-0.4, -0.2) is 66.2 Å². The molecule has 0 spiro atoms. The van der Waals surface area contributed by atoms with Gasteiger partial charge in [-0.15, -0.1) is 5.10 Å². The second kappa shape index (κ2) is 10.5. The van der Waals surface area contributed by atoms with E-state index in [2.05, 4.69) is 54.3 Å². The molecule has 37 heavy (non-hydrogen) atoms. The monoisotopic (exact) mass is 498 g/mol. The highest BCUT2D eigenvalue weighted by molar-refractivity contribution is 5.79. The minimum absolute atomic E-state index is 0.0719. The maximum Gasteiger partial charge on any atom is 0.253 e. The molecule has 9 nitrogen and oxygen atoms in total. The Balaban J connectivity index is 1.35. The lowest BCUT2D eigenvalue weighted by atomic mass is 9.95. The molecule has 1 unspecified atom stereocenters. The highest BCUT2D eigenvalue weighted by atomic mass is 16.1. The fourth-order valence-electron chi connectivity index (χ4n) is 5.94. The predicted molar refractivity (Wildman–Crippen MR) is 142 cm³/mol. The van der Waals surface area contributed by atoms with Gasteiger partial charge in [-0.2, -0.15) is 0 Å². The third kappa shape index (κ3) is 5.06. The summed E-state index contributed by atoms with van der Waals surface area (Å²) in [6, 6.07) is 12.3. The van der Waals surface area contributed by atoms with Crippen molar-refractivity contribution in [1.82, 2.24) is 40.0 Å². The van der Waals surface area contributed by atoms with Crippen LogP contribution in [0.5, 0.6) is 0 Å². The second-order valence-corrected chi connectivity index (χ2v) is 10.5. The van der Waals surface area contributed by atoms with E-state index in [1.807, 2.05) is 41.3 Å². The van der Waals surface area contributed by atoms with E-state index in [0.29, 0.717) is 5.56 Å². The largest absolute Gasteiger partial charge is 0.322 e. The first-order chi connectivity index (χ1) is 18.2. The molecular weight excluding hydrogens is 464 g/mol. The number of aryl methyl sites for hydroxylation is 1. The molecule has 9 heteroatoms. The standard InChI is InChI=1S/C28H34N8O/c1-20-9-10-25-22(16-20)17-24(28(37)30-25)26(27-31-32-33-36(27)23-7-3-2-4-8-23)35-14-12-34(13-15-35)19-21-6-5-11-29-18-21/h5-6,9-11,16-18,23,26H,2-4,7-8,12-15,19H2,1H3,(H,30,37). The second-order valence-electron chi connectivity index (χ2n) is 10.5. The Kier molecular flexibility index (Phi) is 6.80. The van der Waals surface area contributed by atoms with E-state index >= 15 is 0 Å². The maximum atomic E-state index is 13.5. The molecule has 6 rings (SSSR count). The Morgan fingerprint density at radius 2 is 1.89 bits per heavy atom. The number of pyridine rings is 2. The SMILES string of the molecule is Cc1ccc2[nH]c(=O)c(C(c3nnnn3C3CCCCC3)N3CCN(Cc4cccnc4)CC3)cc2c1. The minimum Gasteiger partial charge on any atom is -0.322 e. The summed E-state index contributed by atoms with van der Waals surface area (Å²) in [5.74, 6) is 0.783. The summed E-state index contributed by atoms with van der Waals surface area (Å²) in [5.41, 5.74) is 3.88. The molecule has 3 aromatic heterocycles. The van der Waals surface area contributed by atoms with Gasteiger partial charge in [-0.3, -0.25) is 19.6 Å². The lowest BCUT2D eigenvalue weighted by Crippen LogP contribution is -2.48. The van der Waals surface area contributed by atoms with Gasteiger partial charge < -0.3 is 4.98 Å². The molecule has 192 valence electrons. The molecule has 1 N–H and O–H groups in total. The Morgan fingerprint density at radius 1 is 1.05 bits per heavy atom. The summed E-state index contributed by atoms with van der Waals surface area (Å²) in [6.45, 7) is 6.41. The Hall–Kier alpha value is -3.43. The van der Waals surface area contributed by atoms with Crippen molar-refractivity contribution in [2.45, 2.75) is 57.7 Å². The number of aromatic amines is 1. The van der Waals surface area contributed by atoms with Crippen LogP contribution in [0.25, 0.3) is 10.9 Å². The quantitative estimate of drug-likeness (QED) is 0.434. The number of piperazine rings is 1. The van der Waals surface area contributed by atoms with E-state index in [1.54, 1.807) is 0 Å². The third-order valence-electron chi connectivity index (χ3n) is 7.91. The molecule has 1 saturated carbocycles. The fraction of sp³-hybridized carbons (Fsp3) is 0.464. The van der Waals surface area contributed by atoms with Crippen LogP contribution in [0.4, 0.5) is 0 Å². The van der Waals surface area contributed by atoms with Crippen molar-refractivity contribution < 1.29 is 0 Å². The number of nitrogens with zero attached hydrogens (tertiary/aromatic N) is 7. The number of rotatable bonds is 6. The molecule has 2 fully saturated rings. The molecule has 1 aromatic carbocycles. The smallest absolute Gasteiger partial charge is 0.253 e. The van der Waals surface area contributed by atoms with Crippen LogP contribution in [0, 0.1) is 6.92 Å². The molecule has 0 amide bonds. The number of hydrogen-bond donors (Lipinski definition) is 1. The number of tetrazole rings is 1. The van der Waals surface area contributed by atoms with E-state index in [9.17, 15) is 4.79 Å². The molecular formula is C28H34N8O. The van der Waals surface area contributed by atoms with Gasteiger partial charge in [0.1, 0.15) is 6.04 Å². The van der Waals surface area contributed by atoms with Crippen molar-refractivity contribution in [3.05, 3.63) is 81.7 Å². The van der Waals surface area contributed by atoms with E-state index in [1.165, 1.54) is 24.8 Å². The Bertz CT molecular complexity index is 1400. The van der Waals surface area contributed by atoms with E-state index < -0.39 is 0 Å². The molecule has 4 aromatic rings. The van der Waals surface area contributed by atoms with Crippen LogP contribution < -0.4 is 5.56 Å². The van der Waals surface area contributed by atoms with Gasteiger partial charge >= 0.3 is 0 Å². The van der Waals surface area contributed by atoms with Gasteiger partial charge in [-0.1, -0.05) is 37.0 Å². The van der Waals surface area contributed by atoms with Gasteiger partial charge in [0, 0.05) is 56.2 Å². The van der Waals surface area contributed by atoms with Gasteiger partial charge in [0.25, 0.3) is 5.56 Å². The zero-order chi connectivity index (χ0) is 25.2. The normalized spacial score (nSPS) is 18.8. The molecule has 1 aliphatic heterocycles. The van der Waals surface area contributed by atoms with Crippen molar-refractivity contribution >= 4 is 10.9 Å².